The lowest BCUT2D eigenvalue weighted by Gasteiger charge is -2.07. The molecule has 0 unspecified atom stereocenters. The molecule has 2 N–H and O–H groups in total. The molecule has 18 heavy (non-hydrogen) atoms. The van der Waals surface area contributed by atoms with Crippen molar-refractivity contribution < 1.29 is 5.11 Å². The van der Waals surface area contributed by atoms with E-state index in [0.717, 1.165) is 37.2 Å². The maximum absolute atomic E-state index is 8.67. The zero-order chi connectivity index (χ0) is 12.6. The number of nitrogens with one attached hydrogen (secondary N) is 1. The van der Waals surface area contributed by atoms with Crippen LogP contribution in [0.15, 0.2) is 36.9 Å². The van der Waals surface area contributed by atoms with E-state index in [1.54, 1.807) is 11.0 Å². The van der Waals surface area contributed by atoms with Crippen molar-refractivity contribution in [2.45, 2.75) is 19.3 Å². The lowest BCUT2D eigenvalue weighted by Crippen LogP contribution is -2.02. The first kappa shape index (κ1) is 12.6. The van der Waals surface area contributed by atoms with Crippen LogP contribution in [0.1, 0.15) is 19.3 Å². The van der Waals surface area contributed by atoms with Crippen molar-refractivity contribution >= 4 is 5.69 Å². The van der Waals surface area contributed by atoms with Gasteiger partial charge in [0.25, 0.3) is 0 Å². The van der Waals surface area contributed by atoms with Gasteiger partial charge in [-0.1, -0.05) is 0 Å². The summed E-state index contributed by atoms with van der Waals surface area (Å²) in [4.78, 5) is 3.91. The minimum absolute atomic E-state index is 0.284. The maximum Gasteiger partial charge on any atom is 0.138 e. The van der Waals surface area contributed by atoms with Gasteiger partial charge in [0, 0.05) is 18.8 Å². The van der Waals surface area contributed by atoms with E-state index in [9.17, 15) is 0 Å². The van der Waals surface area contributed by atoms with Gasteiger partial charge in [-0.3, -0.25) is 0 Å². The van der Waals surface area contributed by atoms with Crippen molar-refractivity contribution in [3.05, 3.63) is 36.9 Å². The van der Waals surface area contributed by atoms with E-state index in [4.69, 9.17) is 5.11 Å². The molecule has 0 bridgehead atoms. The normalized spacial score (nSPS) is 10.5. The lowest BCUT2D eigenvalue weighted by molar-refractivity contribution is 0.283. The molecule has 1 heterocycles. The summed E-state index contributed by atoms with van der Waals surface area (Å²) < 4.78 is 1.73. The van der Waals surface area contributed by atoms with Crippen LogP contribution >= 0.6 is 0 Å². The Labute approximate surface area is 106 Å². The molecule has 0 spiro atoms. The average molecular weight is 246 g/mol. The molecule has 0 saturated heterocycles. The van der Waals surface area contributed by atoms with Crippen LogP contribution in [-0.4, -0.2) is 33.0 Å². The van der Waals surface area contributed by atoms with Crippen LogP contribution in [0.2, 0.25) is 0 Å². The van der Waals surface area contributed by atoms with Crippen molar-refractivity contribution in [3.8, 4) is 5.69 Å². The van der Waals surface area contributed by atoms with Gasteiger partial charge < -0.3 is 10.4 Å². The third-order valence-electron chi connectivity index (χ3n) is 2.71. The molecular formula is C13H18N4O. The van der Waals surface area contributed by atoms with Crippen LogP contribution in [0.3, 0.4) is 0 Å². The number of aliphatic hydroxyl groups is 1. The number of anilines is 1. The van der Waals surface area contributed by atoms with E-state index in [-0.39, 0.29) is 6.61 Å². The number of unbranched alkanes of at least 4 members (excludes halogenated alkanes) is 2. The standard InChI is InChI=1S/C13H18N4O/c18-9-3-1-2-8-15-12-4-6-13(7-5-12)17-11-14-10-16-17/h4-7,10-11,15,18H,1-3,8-9H2. The summed E-state index contributed by atoms with van der Waals surface area (Å²) >= 11 is 0. The van der Waals surface area contributed by atoms with Crippen molar-refractivity contribution in [3.63, 3.8) is 0 Å². The highest BCUT2D eigenvalue weighted by atomic mass is 16.2. The van der Waals surface area contributed by atoms with E-state index in [1.165, 1.54) is 6.33 Å². The van der Waals surface area contributed by atoms with Crippen LogP contribution in [0, 0.1) is 0 Å². The number of rotatable bonds is 7. The quantitative estimate of drug-likeness (QED) is 0.732. The summed E-state index contributed by atoms with van der Waals surface area (Å²) in [5.41, 5.74) is 2.10. The minimum atomic E-state index is 0.284. The van der Waals surface area contributed by atoms with Crippen molar-refractivity contribution in [2.24, 2.45) is 0 Å². The Balaban J connectivity index is 1.81. The zero-order valence-corrected chi connectivity index (χ0v) is 10.3. The van der Waals surface area contributed by atoms with Gasteiger partial charge in [0.15, 0.2) is 0 Å². The van der Waals surface area contributed by atoms with Crippen molar-refractivity contribution in [2.75, 3.05) is 18.5 Å². The smallest absolute Gasteiger partial charge is 0.138 e. The fourth-order valence-corrected chi connectivity index (χ4v) is 1.72. The second kappa shape index (κ2) is 6.76. The second-order valence-electron chi connectivity index (χ2n) is 4.10. The number of hydrogen-bond donors (Lipinski definition) is 2. The zero-order valence-electron chi connectivity index (χ0n) is 10.3. The van der Waals surface area contributed by atoms with Crippen LogP contribution in [0.25, 0.3) is 5.69 Å². The third-order valence-corrected chi connectivity index (χ3v) is 2.71. The predicted molar refractivity (Wildman–Crippen MR) is 70.8 cm³/mol. The Kier molecular flexibility index (Phi) is 4.72. The first-order valence-electron chi connectivity index (χ1n) is 6.20. The second-order valence-corrected chi connectivity index (χ2v) is 4.10. The molecule has 5 heteroatoms. The van der Waals surface area contributed by atoms with Gasteiger partial charge in [0.2, 0.25) is 0 Å². The number of hydrogen-bond acceptors (Lipinski definition) is 4. The fourth-order valence-electron chi connectivity index (χ4n) is 1.72. The summed E-state index contributed by atoms with van der Waals surface area (Å²) in [6, 6.07) is 8.07. The summed E-state index contributed by atoms with van der Waals surface area (Å²) in [7, 11) is 0. The van der Waals surface area contributed by atoms with Gasteiger partial charge in [0.1, 0.15) is 12.7 Å². The third kappa shape index (κ3) is 3.56. The molecule has 0 saturated carbocycles. The molecule has 0 aliphatic carbocycles. The van der Waals surface area contributed by atoms with Crippen LogP contribution < -0.4 is 5.32 Å². The number of benzene rings is 1. The SMILES string of the molecule is OCCCCCNc1ccc(-n2cncn2)cc1. The molecule has 2 aromatic rings. The van der Waals surface area contributed by atoms with Gasteiger partial charge in [-0.2, -0.15) is 5.10 Å². The molecule has 0 aliphatic rings. The van der Waals surface area contributed by atoms with Crippen LogP contribution in [0.4, 0.5) is 5.69 Å². The highest BCUT2D eigenvalue weighted by Crippen LogP contribution is 2.12. The van der Waals surface area contributed by atoms with E-state index in [0.29, 0.717) is 0 Å². The number of aromatic nitrogens is 3. The lowest BCUT2D eigenvalue weighted by atomic mass is 10.2. The molecule has 96 valence electrons. The average Bonchev–Trinajstić information content (AvgIpc) is 2.93. The first-order chi connectivity index (χ1) is 8.90. The molecule has 0 amide bonds. The molecule has 0 radical (unpaired) electrons. The highest BCUT2D eigenvalue weighted by molar-refractivity contribution is 5.48. The topological polar surface area (TPSA) is 63.0 Å². The van der Waals surface area contributed by atoms with Crippen molar-refractivity contribution in [1.82, 2.24) is 14.8 Å². The Morgan fingerprint density at radius 3 is 2.61 bits per heavy atom. The van der Waals surface area contributed by atoms with E-state index in [2.05, 4.69) is 15.4 Å². The van der Waals surface area contributed by atoms with Gasteiger partial charge in [-0.15, -0.1) is 0 Å². The summed E-state index contributed by atoms with van der Waals surface area (Å²) in [6.07, 6.45) is 6.21. The number of nitrogens with zero attached hydrogens (tertiary/aromatic N) is 3. The predicted octanol–water partition coefficient (Wildman–Crippen LogP) is 1.84. The number of aliphatic hydroxyl groups excluding tert-OH is 1. The van der Waals surface area contributed by atoms with E-state index >= 15 is 0 Å². The molecule has 0 atom stereocenters. The summed E-state index contributed by atoms with van der Waals surface area (Å²) in [6.45, 7) is 1.22. The van der Waals surface area contributed by atoms with Crippen LogP contribution in [0.5, 0.6) is 0 Å². The van der Waals surface area contributed by atoms with E-state index in [1.807, 2.05) is 24.3 Å². The molecule has 1 aromatic carbocycles. The molecule has 1 aromatic heterocycles. The van der Waals surface area contributed by atoms with Gasteiger partial charge in [0.05, 0.1) is 5.69 Å². The largest absolute Gasteiger partial charge is 0.396 e. The first-order valence-corrected chi connectivity index (χ1v) is 6.20. The van der Waals surface area contributed by atoms with E-state index < -0.39 is 0 Å². The highest BCUT2D eigenvalue weighted by Gasteiger charge is 1.97. The molecule has 2 rings (SSSR count). The van der Waals surface area contributed by atoms with Gasteiger partial charge in [-0.25, -0.2) is 9.67 Å². The maximum atomic E-state index is 8.67. The fraction of sp³-hybridized carbons (Fsp3) is 0.385. The Bertz CT molecular complexity index is 439. The monoisotopic (exact) mass is 246 g/mol. The summed E-state index contributed by atoms with van der Waals surface area (Å²) in [5.74, 6) is 0. The molecule has 5 nitrogen and oxygen atoms in total. The van der Waals surface area contributed by atoms with Gasteiger partial charge in [-0.05, 0) is 43.5 Å². The molecule has 0 fully saturated rings. The van der Waals surface area contributed by atoms with Gasteiger partial charge >= 0.3 is 0 Å². The molecular weight excluding hydrogens is 228 g/mol. The summed E-state index contributed by atoms with van der Waals surface area (Å²) in [5, 5.41) is 16.1. The molecule has 0 aliphatic heterocycles. The van der Waals surface area contributed by atoms with Crippen LogP contribution in [-0.2, 0) is 0 Å². The Hall–Kier alpha value is -1.88. The Morgan fingerprint density at radius 2 is 1.94 bits per heavy atom. The minimum Gasteiger partial charge on any atom is -0.396 e. The Morgan fingerprint density at radius 1 is 1.11 bits per heavy atom. The van der Waals surface area contributed by atoms with Crippen molar-refractivity contribution in [1.29, 1.82) is 0 Å².